The molecule has 1 aromatic rings. The summed E-state index contributed by atoms with van der Waals surface area (Å²) in [6.07, 6.45) is 3.56. The number of aryl methyl sites for hydroxylation is 1. The summed E-state index contributed by atoms with van der Waals surface area (Å²) < 4.78 is 0. The predicted octanol–water partition coefficient (Wildman–Crippen LogP) is 2.02. The van der Waals surface area contributed by atoms with E-state index in [2.05, 4.69) is 22.8 Å². The van der Waals surface area contributed by atoms with Gasteiger partial charge in [-0.05, 0) is 24.5 Å². The highest BCUT2D eigenvalue weighted by atomic mass is 16.4. The van der Waals surface area contributed by atoms with E-state index in [-0.39, 0.29) is 0 Å². The Morgan fingerprint density at radius 1 is 1.60 bits per heavy atom. The highest BCUT2D eigenvalue weighted by Crippen LogP contribution is 2.13. The summed E-state index contributed by atoms with van der Waals surface area (Å²) in [4.78, 5) is 14.4. The Labute approximate surface area is 88.5 Å². The van der Waals surface area contributed by atoms with E-state index in [9.17, 15) is 4.79 Å². The summed E-state index contributed by atoms with van der Waals surface area (Å²) >= 11 is 0. The molecule has 0 fully saturated rings. The molecule has 1 rings (SSSR count). The molecule has 0 atom stereocenters. The number of anilines is 1. The summed E-state index contributed by atoms with van der Waals surface area (Å²) in [6, 6.07) is 3.78. The third-order valence-corrected chi connectivity index (χ3v) is 1.98. The van der Waals surface area contributed by atoms with Gasteiger partial charge in [-0.3, -0.25) is 5.43 Å². The van der Waals surface area contributed by atoms with E-state index >= 15 is 0 Å². The Balaban J connectivity index is 2.63. The number of nitrogens with zero attached hydrogens (tertiary/aromatic N) is 1. The largest absolute Gasteiger partial charge is 0.464 e. The minimum absolute atomic E-state index is 0.577. The van der Waals surface area contributed by atoms with Crippen LogP contribution >= 0.6 is 0 Å². The molecule has 0 radical (unpaired) electrons. The third kappa shape index (κ3) is 3.84. The Morgan fingerprint density at radius 3 is 3.07 bits per heavy atom. The summed E-state index contributed by atoms with van der Waals surface area (Å²) in [6.45, 7) is 2.11. The van der Waals surface area contributed by atoms with Crippen LogP contribution in [0.15, 0.2) is 18.3 Å². The number of carboxylic acid groups (broad SMARTS) is 1. The van der Waals surface area contributed by atoms with Crippen molar-refractivity contribution in [1.82, 2.24) is 10.4 Å². The van der Waals surface area contributed by atoms with Gasteiger partial charge in [0.25, 0.3) is 0 Å². The lowest BCUT2D eigenvalue weighted by Gasteiger charge is -2.09. The maximum Gasteiger partial charge on any atom is 0.423 e. The van der Waals surface area contributed by atoms with Crippen LogP contribution in [0.5, 0.6) is 0 Å². The van der Waals surface area contributed by atoms with E-state index < -0.39 is 6.09 Å². The van der Waals surface area contributed by atoms with Crippen LogP contribution in [-0.2, 0) is 6.42 Å². The first kappa shape index (κ1) is 11.3. The van der Waals surface area contributed by atoms with Gasteiger partial charge in [0.2, 0.25) is 0 Å². The fourth-order valence-electron chi connectivity index (χ4n) is 1.23. The van der Waals surface area contributed by atoms with Crippen LogP contribution in [0.2, 0.25) is 0 Å². The van der Waals surface area contributed by atoms with Crippen LogP contribution in [0, 0.1) is 0 Å². The number of hydrogen-bond donors (Lipinski definition) is 3. The number of aromatic nitrogens is 1. The van der Waals surface area contributed by atoms with Crippen LogP contribution in [0.1, 0.15) is 25.3 Å². The smallest absolute Gasteiger partial charge is 0.423 e. The summed E-state index contributed by atoms with van der Waals surface area (Å²) in [5.74, 6) is 0.577. The molecule has 0 unspecified atom stereocenters. The lowest BCUT2D eigenvalue weighted by atomic mass is 10.1. The minimum atomic E-state index is -1.12. The fraction of sp³-hybridized carbons (Fsp3) is 0.400. The molecule has 1 heterocycles. The number of hydrazine groups is 1. The number of pyridine rings is 1. The second-order valence-corrected chi connectivity index (χ2v) is 3.17. The average molecular weight is 209 g/mol. The van der Waals surface area contributed by atoms with E-state index in [1.807, 2.05) is 12.1 Å². The number of amides is 1. The molecule has 0 spiro atoms. The Bertz CT molecular complexity index is 328. The lowest BCUT2D eigenvalue weighted by Crippen LogP contribution is -2.28. The minimum Gasteiger partial charge on any atom is -0.464 e. The molecular formula is C10H15N3O2. The first-order valence-electron chi connectivity index (χ1n) is 4.93. The maximum absolute atomic E-state index is 10.3. The molecule has 82 valence electrons. The summed E-state index contributed by atoms with van der Waals surface area (Å²) in [7, 11) is 0. The molecule has 1 aromatic heterocycles. The molecule has 0 bridgehead atoms. The van der Waals surface area contributed by atoms with Crippen LogP contribution in [0.3, 0.4) is 0 Å². The van der Waals surface area contributed by atoms with Gasteiger partial charge in [0.1, 0.15) is 5.82 Å². The molecular weight excluding hydrogens is 194 g/mol. The van der Waals surface area contributed by atoms with Gasteiger partial charge in [-0.25, -0.2) is 15.2 Å². The maximum atomic E-state index is 10.3. The molecule has 0 aromatic carbocycles. The molecule has 0 saturated heterocycles. The summed E-state index contributed by atoms with van der Waals surface area (Å²) in [5, 5.41) is 8.44. The van der Waals surface area contributed by atoms with Crippen molar-refractivity contribution in [2.45, 2.75) is 26.2 Å². The highest BCUT2D eigenvalue weighted by Gasteiger charge is 2.02. The number of hydrogen-bond acceptors (Lipinski definition) is 3. The monoisotopic (exact) mass is 209 g/mol. The molecule has 0 saturated carbocycles. The Morgan fingerprint density at radius 2 is 2.40 bits per heavy atom. The van der Waals surface area contributed by atoms with Gasteiger partial charge in [0.15, 0.2) is 0 Å². The first-order chi connectivity index (χ1) is 7.24. The van der Waals surface area contributed by atoms with Crippen molar-refractivity contribution in [3.05, 3.63) is 23.9 Å². The van der Waals surface area contributed by atoms with Gasteiger partial charge in [0.05, 0.1) is 0 Å². The van der Waals surface area contributed by atoms with Crippen molar-refractivity contribution < 1.29 is 9.90 Å². The molecule has 5 heteroatoms. The van der Waals surface area contributed by atoms with Crippen LogP contribution in [0.4, 0.5) is 10.6 Å². The van der Waals surface area contributed by atoms with Crippen molar-refractivity contribution in [3.63, 3.8) is 0 Å². The number of rotatable bonds is 5. The van der Waals surface area contributed by atoms with Crippen LogP contribution in [0.25, 0.3) is 0 Å². The van der Waals surface area contributed by atoms with E-state index in [0.29, 0.717) is 5.82 Å². The molecule has 3 N–H and O–H groups in total. The third-order valence-electron chi connectivity index (χ3n) is 1.98. The zero-order valence-corrected chi connectivity index (χ0v) is 8.66. The Kier molecular flexibility index (Phi) is 4.40. The fourth-order valence-corrected chi connectivity index (χ4v) is 1.23. The lowest BCUT2D eigenvalue weighted by molar-refractivity contribution is 0.197. The zero-order chi connectivity index (χ0) is 11.1. The van der Waals surface area contributed by atoms with Gasteiger partial charge in [0, 0.05) is 6.20 Å². The van der Waals surface area contributed by atoms with Crippen LogP contribution < -0.4 is 10.9 Å². The first-order valence-corrected chi connectivity index (χ1v) is 4.93. The van der Waals surface area contributed by atoms with Gasteiger partial charge in [-0.2, -0.15) is 0 Å². The van der Waals surface area contributed by atoms with Crippen molar-refractivity contribution >= 4 is 11.9 Å². The molecule has 0 aliphatic heterocycles. The average Bonchev–Trinajstić information content (AvgIpc) is 2.24. The number of unbranched alkanes of at least 4 members (excludes halogenated alkanes) is 1. The highest BCUT2D eigenvalue weighted by molar-refractivity contribution is 5.66. The Hall–Kier alpha value is -1.78. The quantitative estimate of drug-likeness (QED) is 0.648. The van der Waals surface area contributed by atoms with Gasteiger partial charge >= 0.3 is 6.09 Å². The van der Waals surface area contributed by atoms with Gasteiger partial charge in [-0.1, -0.05) is 19.4 Å². The van der Waals surface area contributed by atoms with Crippen molar-refractivity contribution in [1.29, 1.82) is 0 Å². The van der Waals surface area contributed by atoms with Gasteiger partial charge in [-0.15, -0.1) is 0 Å². The molecule has 1 amide bonds. The predicted molar refractivity (Wildman–Crippen MR) is 57.6 cm³/mol. The van der Waals surface area contributed by atoms with Crippen molar-refractivity contribution in [3.8, 4) is 0 Å². The normalized spacial score (nSPS) is 9.67. The van der Waals surface area contributed by atoms with Crippen molar-refractivity contribution in [2.24, 2.45) is 0 Å². The van der Waals surface area contributed by atoms with E-state index in [0.717, 1.165) is 24.8 Å². The second kappa shape index (κ2) is 5.85. The van der Waals surface area contributed by atoms with Gasteiger partial charge < -0.3 is 5.11 Å². The van der Waals surface area contributed by atoms with Crippen molar-refractivity contribution in [2.75, 3.05) is 5.43 Å². The van der Waals surface area contributed by atoms with E-state index in [1.165, 1.54) is 0 Å². The topological polar surface area (TPSA) is 74.2 Å². The molecule has 5 nitrogen and oxygen atoms in total. The molecule has 0 aliphatic rings. The number of carbonyl (C=O) groups is 1. The standard InChI is InChI=1S/C10H15N3O2/c1-2-3-5-8-6-4-7-11-9(8)12-13-10(14)15/h4,6-7,13H,2-3,5H2,1H3,(H,11,12)(H,14,15). The number of nitrogens with one attached hydrogen (secondary N) is 2. The van der Waals surface area contributed by atoms with E-state index in [4.69, 9.17) is 5.11 Å². The second-order valence-electron chi connectivity index (χ2n) is 3.17. The molecule has 15 heavy (non-hydrogen) atoms. The van der Waals surface area contributed by atoms with E-state index in [1.54, 1.807) is 6.20 Å². The molecule has 0 aliphatic carbocycles. The zero-order valence-electron chi connectivity index (χ0n) is 8.66. The summed E-state index contributed by atoms with van der Waals surface area (Å²) in [5.41, 5.74) is 5.67. The van der Waals surface area contributed by atoms with Crippen LogP contribution in [-0.4, -0.2) is 16.2 Å². The SMILES string of the molecule is CCCCc1cccnc1NNC(=O)O.